The van der Waals surface area contributed by atoms with E-state index in [1.165, 1.54) is 0 Å². The van der Waals surface area contributed by atoms with Crippen molar-refractivity contribution < 1.29 is 4.74 Å². The van der Waals surface area contributed by atoms with Crippen LogP contribution < -0.4 is 5.73 Å². The molecule has 114 valence electrons. The lowest BCUT2D eigenvalue weighted by Crippen LogP contribution is -2.32. The number of hydrogen-bond acceptors (Lipinski definition) is 3. The Kier molecular flexibility index (Phi) is 3.24. The van der Waals surface area contributed by atoms with Crippen LogP contribution in [0.2, 0.25) is 0 Å². The third-order valence-corrected chi connectivity index (χ3v) is 4.24. The molecule has 21 heavy (non-hydrogen) atoms. The van der Waals surface area contributed by atoms with Crippen molar-refractivity contribution in [3.05, 3.63) is 24.0 Å². The Labute approximate surface area is 126 Å². The van der Waals surface area contributed by atoms with E-state index in [4.69, 9.17) is 15.5 Å². The van der Waals surface area contributed by atoms with Crippen LogP contribution in [0.15, 0.2) is 18.2 Å². The number of imidazole rings is 1. The summed E-state index contributed by atoms with van der Waals surface area (Å²) in [5, 5.41) is 0. The fraction of sp³-hybridized carbons (Fsp3) is 0.588. The first-order valence-electron chi connectivity index (χ1n) is 7.69. The molecule has 0 saturated carbocycles. The quantitative estimate of drug-likeness (QED) is 0.860. The van der Waals surface area contributed by atoms with E-state index in [0.29, 0.717) is 0 Å². The largest absolute Gasteiger partial charge is 0.399 e. The molecule has 4 heteroatoms. The minimum Gasteiger partial charge on any atom is -0.399 e. The SMILES string of the molecule is CC1(Cn2c(C(C)(C)C)nc3cc(N)ccc32)CCCO1. The van der Waals surface area contributed by atoms with Gasteiger partial charge in [-0.25, -0.2) is 4.98 Å². The Morgan fingerprint density at radius 3 is 2.76 bits per heavy atom. The molecular weight excluding hydrogens is 262 g/mol. The smallest absolute Gasteiger partial charge is 0.115 e. The number of benzene rings is 1. The van der Waals surface area contributed by atoms with Gasteiger partial charge in [-0.2, -0.15) is 0 Å². The number of fused-ring (bicyclic) bond motifs is 1. The average Bonchev–Trinajstić information content (AvgIpc) is 2.94. The van der Waals surface area contributed by atoms with Crippen LogP contribution >= 0.6 is 0 Å². The lowest BCUT2D eigenvalue weighted by atomic mass is 9.95. The number of nitrogens with zero attached hydrogens (tertiary/aromatic N) is 2. The van der Waals surface area contributed by atoms with Crippen molar-refractivity contribution in [3.8, 4) is 0 Å². The first-order chi connectivity index (χ1) is 9.78. The van der Waals surface area contributed by atoms with Crippen LogP contribution in [0.25, 0.3) is 11.0 Å². The summed E-state index contributed by atoms with van der Waals surface area (Å²) >= 11 is 0. The van der Waals surface area contributed by atoms with Crippen molar-refractivity contribution in [2.24, 2.45) is 0 Å². The summed E-state index contributed by atoms with van der Waals surface area (Å²) < 4.78 is 8.30. The third kappa shape index (κ3) is 2.64. The summed E-state index contributed by atoms with van der Waals surface area (Å²) in [7, 11) is 0. The van der Waals surface area contributed by atoms with Gasteiger partial charge in [-0.1, -0.05) is 20.8 Å². The monoisotopic (exact) mass is 287 g/mol. The highest BCUT2D eigenvalue weighted by Gasteiger charge is 2.33. The molecule has 1 unspecified atom stereocenters. The molecule has 1 atom stereocenters. The number of aromatic nitrogens is 2. The van der Waals surface area contributed by atoms with Gasteiger partial charge in [-0.05, 0) is 38.0 Å². The molecule has 1 aliphatic heterocycles. The normalized spacial score (nSPS) is 23.0. The second-order valence-corrected chi connectivity index (χ2v) is 7.42. The highest BCUT2D eigenvalue weighted by molar-refractivity contribution is 5.80. The predicted octanol–water partition coefficient (Wildman–Crippen LogP) is 3.49. The number of rotatable bonds is 2. The van der Waals surface area contributed by atoms with Crippen LogP contribution in [0.5, 0.6) is 0 Å². The lowest BCUT2D eigenvalue weighted by Gasteiger charge is -2.28. The minimum atomic E-state index is -0.0883. The summed E-state index contributed by atoms with van der Waals surface area (Å²) in [4.78, 5) is 4.85. The van der Waals surface area contributed by atoms with Gasteiger partial charge in [-0.3, -0.25) is 0 Å². The number of ether oxygens (including phenoxy) is 1. The molecule has 0 aliphatic carbocycles. The molecular formula is C17H25N3O. The van der Waals surface area contributed by atoms with Crippen LogP contribution in [-0.2, 0) is 16.7 Å². The van der Waals surface area contributed by atoms with E-state index in [1.54, 1.807) is 0 Å². The van der Waals surface area contributed by atoms with Gasteiger partial charge in [0.05, 0.1) is 23.2 Å². The standard InChI is InChI=1S/C17H25N3O/c1-16(2,3)15-19-13-10-12(18)6-7-14(13)20(15)11-17(4)8-5-9-21-17/h6-7,10H,5,8-9,11,18H2,1-4H3. The van der Waals surface area contributed by atoms with Gasteiger partial charge in [-0.15, -0.1) is 0 Å². The molecule has 1 fully saturated rings. The van der Waals surface area contributed by atoms with Crippen molar-refractivity contribution in [2.45, 2.75) is 58.1 Å². The Morgan fingerprint density at radius 1 is 1.38 bits per heavy atom. The Hall–Kier alpha value is -1.55. The van der Waals surface area contributed by atoms with E-state index in [1.807, 2.05) is 12.1 Å². The molecule has 1 aromatic carbocycles. The van der Waals surface area contributed by atoms with Gasteiger partial charge in [0.15, 0.2) is 0 Å². The van der Waals surface area contributed by atoms with Crippen LogP contribution in [0.1, 0.15) is 46.4 Å². The molecule has 1 aromatic heterocycles. The van der Waals surface area contributed by atoms with E-state index in [9.17, 15) is 0 Å². The van der Waals surface area contributed by atoms with Gasteiger partial charge in [0, 0.05) is 17.7 Å². The molecule has 0 spiro atoms. The summed E-state index contributed by atoms with van der Waals surface area (Å²) in [6.45, 7) is 10.5. The van der Waals surface area contributed by atoms with Crippen molar-refractivity contribution in [3.63, 3.8) is 0 Å². The average molecular weight is 287 g/mol. The summed E-state index contributed by atoms with van der Waals surface area (Å²) in [5.41, 5.74) is 8.69. The molecule has 1 aliphatic rings. The fourth-order valence-electron chi connectivity index (χ4n) is 3.18. The maximum absolute atomic E-state index is 5.98. The Bertz CT molecular complexity index is 660. The van der Waals surface area contributed by atoms with Gasteiger partial charge >= 0.3 is 0 Å². The van der Waals surface area contributed by atoms with Crippen molar-refractivity contribution in [1.29, 1.82) is 0 Å². The van der Waals surface area contributed by atoms with E-state index < -0.39 is 0 Å². The van der Waals surface area contributed by atoms with Crippen LogP contribution in [0.4, 0.5) is 5.69 Å². The van der Waals surface area contributed by atoms with Crippen LogP contribution in [0.3, 0.4) is 0 Å². The molecule has 2 aromatic rings. The molecule has 0 bridgehead atoms. The van der Waals surface area contributed by atoms with E-state index in [2.05, 4.69) is 38.3 Å². The maximum atomic E-state index is 5.98. The summed E-state index contributed by atoms with van der Waals surface area (Å²) in [5.74, 6) is 1.10. The lowest BCUT2D eigenvalue weighted by molar-refractivity contribution is 0.00603. The van der Waals surface area contributed by atoms with E-state index in [0.717, 1.165) is 48.5 Å². The molecule has 1 saturated heterocycles. The molecule has 4 nitrogen and oxygen atoms in total. The first-order valence-corrected chi connectivity index (χ1v) is 7.69. The number of nitrogens with two attached hydrogens (primary N) is 1. The maximum Gasteiger partial charge on any atom is 0.115 e. The van der Waals surface area contributed by atoms with Gasteiger partial charge in [0.25, 0.3) is 0 Å². The van der Waals surface area contributed by atoms with Gasteiger partial charge in [0.1, 0.15) is 5.82 Å². The Morgan fingerprint density at radius 2 is 2.14 bits per heavy atom. The fourth-order valence-corrected chi connectivity index (χ4v) is 3.18. The number of anilines is 1. The molecule has 0 amide bonds. The molecule has 3 rings (SSSR count). The number of nitrogen functional groups attached to an aromatic ring is 1. The third-order valence-electron chi connectivity index (χ3n) is 4.24. The van der Waals surface area contributed by atoms with E-state index >= 15 is 0 Å². The second-order valence-electron chi connectivity index (χ2n) is 7.42. The van der Waals surface area contributed by atoms with Crippen molar-refractivity contribution >= 4 is 16.7 Å². The molecule has 2 N–H and O–H groups in total. The predicted molar refractivity (Wildman–Crippen MR) is 86.4 cm³/mol. The van der Waals surface area contributed by atoms with Crippen molar-refractivity contribution in [1.82, 2.24) is 9.55 Å². The Balaban J connectivity index is 2.13. The highest BCUT2D eigenvalue weighted by atomic mass is 16.5. The zero-order chi connectivity index (χ0) is 15.3. The van der Waals surface area contributed by atoms with Crippen LogP contribution in [-0.4, -0.2) is 21.8 Å². The molecule has 0 radical (unpaired) electrons. The zero-order valence-electron chi connectivity index (χ0n) is 13.4. The minimum absolute atomic E-state index is 0.0112. The zero-order valence-corrected chi connectivity index (χ0v) is 13.4. The van der Waals surface area contributed by atoms with Crippen molar-refractivity contribution in [2.75, 3.05) is 12.3 Å². The highest BCUT2D eigenvalue weighted by Crippen LogP contribution is 2.33. The summed E-state index contributed by atoms with van der Waals surface area (Å²) in [6, 6.07) is 5.98. The summed E-state index contributed by atoms with van der Waals surface area (Å²) in [6.07, 6.45) is 2.24. The number of hydrogen-bond donors (Lipinski definition) is 1. The van der Waals surface area contributed by atoms with Gasteiger partial charge < -0.3 is 15.0 Å². The topological polar surface area (TPSA) is 53.1 Å². The second kappa shape index (κ2) is 4.73. The molecule has 2 heterocycles. The van der Waals surface area contributed by atoms with Crippen LogP contribution in [0, 0.1) is 0 Å². The van der Waals surface area contributed by atoms with Gasteiger partial charge in [0.2, 0.25) is 0 Å². The van der Waals surface area contributed by atoms with E-state index in [-0.39, 0.29) is 11.0 Å². The first kappa shape index (κ1) is 14.4.